The third-order valence-corrected chi connectivity index (χ3v) is 11.1. The van der Waals surface area contributed by atoms with E-state index in [1.807, 2.05) is 27.7 Å². The maximum Gasteiger partial charge on any atom is 0.164 e. The second-order valence-corrected chi connectivity index (χ2v) is 14.2. The molecule has 0 bridgehead atoms. The van der Waals surface area contributed by atoms with E-state index in [4.69, 9.17) is 4.74 Å². The first kappa shape index (κ1) is 26.4. The quantitative estimate of drug-likeness (QED) is 0.466. The monoisotopic (exact) mass is 474 g/mol. The molecule has 3 saturated carbocycles. The van der Waals surface area contributed by atoms with E-state index in [1.54, 1.807) is 0 Å². The molecule has 0 aromatic rings. The molecule has 0 aromatic carbocycles. The summed E-state index contributed by atoms with van der Waals surface area (Å²) in [7, 11) is 0. The van der Waals surface area contributed by atoms with E-state index in [9.17, 15) is 15.0 Å². The summed E-state index contributed by atoms with van der Waals surface area (Å²) in [4.78, 5) is 12.8. The van der Waals surface area contributed by atoms with E-state index >= 15 is 0 Å². The predicted molar refractivity (Wildman–Crippen MR) is 136 cm³/mol. The molecule has 2 unspecified atom stereocenters. The van der Waals surface area contributed by atoms with Crippen molar-refractivity contribution in [2.45, 2.75) is 136 Å². The lowest BCUT2D eigenvalue weighted by Crippen LogP contribution is -2.56. The van der Waals surface area contributed by atoms with E-state index in [1.165, 1.54) is 5.57 Å². The van der Waals surface area contributed by atoms with Gasteiger partial charge < -0.3 is 14.9 Å². The summed E-state index contributed by atoms with van der Waals surface area (Å²) >= 11 is 0. The van der Waals surface area contributed by atoms with Gasteiger partial charge in [0.1, 0.15) is 5.60 Å². The van der Waals surface area contributed by atoms with Crippen LogP contribution in [0.3, 0.4) is 0 Å². The number of aliphatic hydroxyl groups is 2. The van der Waals surface area contributed by atoms with Gasteiger partial charge in [-0.2, -0.15) is 0 Å². The van der Waals surface area contributed by atoms with Gasteiger partial charge in [-0.3, -0.25) is 4.79 Å². The molecule has 0 radical (unpaired) electrons. The summed E-state index contributed by atoms with van der Waals surface area (Å²) in [5, 5.41) is 22.7. The Morgan fingerprint density at radius 2 is 1.53 bits per heavy atom. The SMILES string of the molecule is CC1CC[C@@H]2[C@@H](CC[C@@]2(C)O)C(C)(C)C1=CC[C@H]1[C@@](C)(O)CCC2OC(C)(C)C(=O)CC[C@@]21C. The molecule has 4 fully saturated rings. The van der Waals surface area contributed by atoms with Crippen LogP contribution in [-0.4, -0.2) is 38.9 Å². The van der Waals surface area contributed by atoms with Crippen molar-refractivity contribution in [3.05, 3.63) is 11.6 Å². The number of fused-ring (bicyclic) bond motifs is 2. The fourth-order valence-electron chi connectivity index (χ4n) is 8.81. The van der Waals surface area contributed by atoms with Crippen molar-refractivity contribution >= 4 is 5.78 Å². The summed E-state index contributed by atoms with van der Waals surface area (Å²) in [5.74, 6) is 1.55. The van der Waals surface area contributed by atoms with Crippen LogP contribution in [0.25, 0.3) is 0 Å². The Kier molecular flexibility index (Phi) is 6.52. The Bertz CT molecular complexity index is 835. The molecule has 1 saturated heterocycles. The highest BCUT2D eigenvalue weighted by Gasteiger charge is 2.57. The second-order valence-electron chi connectivity index (χ2n) is 14.2. The number of hydrogen-bond donors (Lipinski definition) is 2. The third kappa shape index (κ3) is 4.24. The Balaban J connectivity index is 1.67. The number of carbonyl (C=O) groups is 1. The van der Waals surface area contributed by atoms with Gasteiger partial charge in [0.2, 0.25) is 0 Å². The highest BCUT2D eigenvalue weighted by atomic mass is 16.5. The van der Waals surface area contributed by atoms with Crippen LogP contribution in [0.1, 0.15) is 113 Å². The fraction of sp³-hybridized carbons (Fsp3) is 0.900. The van der Waals surface area contributed by atoms with Gasteiger partial charge in [0.05, 0.1) is 17.3 Å². The molecule has 0 aromatic heterocycles. The van der Waals surface area contributed by atoms with Gasteiger partial charge in [0.15, 0.2) is 5.78 Å². The average molecular weight is 475 g/mol. The van der Waals surface area contributed by atoms with Gasteiger partial charge >= 0.3 is 0 Å². The fourth-order valence-corrected chi connectivity index (χ4v) is 8.81. The summed E-state index contributed by atoms with van der Waals surface area (Å²) in [6, 6.07) is 0. The lowest BCUT2D eigenvalue weighted by Gasteiger charge is -2.54. The van der Waals surface area contributed by atoms with Crippen LogP contribution in [0.5, 0.6) is 0 Å². The molecule has 4 nitrogen and oxygen atoms in total. The molecule has 34 heavy (non-hydrogen) atoms. The number of Topliss-reactive ketones (excluding diaryl/α,β-unsaturated/α-hetero) is 1. The lowest BCUT2D eigenvalue weighted by atomic mass is 9.56. The molecular weight excluding hydrogens is 424 g/mol. The van der Waals surface area contributed by atoms with Crippen molar-refractivity contribution in [1.82, 2.24) is 0 Å². The second kappa shape index (κ2) is 8.42. The number of carbonyl (C=O) groups excluding carboxylic acids is 1. The van der Waals surface area contributed by atoms with Crippen molar-refractivity contribution < 1.29 is 19.7 Å². The first-order valence-corrected chi connectivity index (χ1v) is 13.9. The highest BCUT2D eigenvalue weighted by Crippen LogP contribution is 2.59. The molecular formula is C30H50O4. The number of ketones is 1. The van der Waals surface area contributed by atoms with Crippen molar-refractivity contribution in [3.63, 3.8) is 0 Å². The smallest absolute Gasteiger partial charge is 0.164 e. The topological polar surface area (TPSA) is 66.8 Å². The van der Waals surface area contributed by atoms with E-state index in [0.717, 1.165) is 44.9 Å². The highest BCUT2D eigenvalue weighted by molar-refractivity contribution is 5.86. The maximum absolute atomic E-state index is 12.8. The largest absolute Gasteiger partial charge is 0.390 e. The lowest BCUT2D eigenvalue weighted by molar-refractivity contribution is -0.193. The molecule has 3 aliphatic carbocycles. The minimum atomic E-state index is -0.777. The minimum absolute atomic E-state index is 0.00792. The van der Waals surface area contributed by atoms with Crippen LogP contribution >= 0.6 is 0 Å². The summed E-state index contributed by atoms with van der Waals surface area (Å²) in [6.07, 6.45) is 10.2. The molecule has 4 aliphatic rings. The number of rotatable bonds is 2. The predicted octanol–water partition coefficient (Wildman–Crippen LogP) is 6.23. The van der Waals surface area contributed by atoms with Gasteiger partial charge in [-0.05, 0) is 108 Å². The standard InChI is InChI=1S/C30H50O4/c1-19-9-10-22-21(13-17-29(22,7)32)26(2,3)20(19)11-12-23-28(6)16-14-24(31)27(4,5)34-25(28)15-18-30(23,8)33/h11,19,21-23,25,32-33H,9-10,12-18H2,1-8H3/t19?,21-,22-,23-,25?,28-,29-,30+/m1/s1. The zero-order valence-corrected chi connectivity index (χ0v) is 23.0. The van der Waals surface area contributed by atoms with Crippen LogP contribution in [0.15, 0.2) is 11.6 Å². The summed E-state index contributed by atoms with van der Waals surface area (Å²) in [5.41, 5.74) is -0.784. The summed E-state index contributed by atoms with van der Waals surface area (Å²) < 4.78 is 6.49. The minimum Gasteiger partial charge on any atom is -0.390 e. The number of allylic oxidation sites excluding steroid dienone is 2. The molecule has 0 spiro atoms. The van der Waals surface area contributed by atoms with E-state index in [-0.39, 0.29) is 28.6 Å². The molecule has 0 amide bonds. The first-order valence-electron chi connectivity index (χ1n) is 13.9. The summed E-state index contributed by atoms with van der Waals surface area (Å²) in [6.45, 7) is 17.3. The Hall–Kier alpha value is -0.710. The number of ether oxygens (including phenoxy) is 1. The zero-order valence-electron chi connectivity index (χ0n) is 23.0. The molecule has 2 N–H and O–H groups in total. The first-order chi connectivity index (χ1) is 15.5. The van der Waals surface area contributed by atoms with E-state index in [2.05, 4.69) is 33.8 Å². The van der Waals surface area contributed by atoms with Crippen molar-refractivity contribution in [1.29, 1.82) is 0 Å². The van der Waals surface area contributed by atoms with Gasteiger partial charge in [0.25, 0.3) is 0 Å². The third-order valence-electron chi connectivity index (χ3n) is 11.1. The van der Waals surface area contributed by atoms with Crippen LogP contribution < -0.4 is 0 Å². The van der Waals surface area contributed by atoms with Crippen molar-refractivity contribution in [3.8, 4) is 0 Å². The Morgan fingerprint density at radius 3 is 2.21 bits per heavy atom. The molecule has 8 atom stereocenters. The van der Waals surface area contributed by atoms with Gasteiger partial charge in [0, 0.05) is 11.8 Å². The van der Waals surface area contributed by atoms with Crippen LogP contribution in [0, 0.1) is 34.5 Å². The molecule has 4 rings (SSSR count). The molecule has 1 heterocycles. The van der Waals surface area contributed by atoms with Crippen molar-refractivity contribution in [2.24, 2.45) is 34.5 Å². The molecule has 194 valence electrons. The number of hydrogen-bond acceptors (Lipinski definition) is 4. The average Bonchev–Trinajstić information content (AvgIpc) is 2.93. The van der Waals surface area contributed by atoms with Gasteiger partial charge in [-0.1, -0.05) is 39.3 Å². The van der Waals surface area contributed by atoms with E-state index < -0.39 is 16.8 Å². The normalized spacial score (nSPS) is 49.8. The van der Waals surface area contributed by atoms with Crippen LogP contribution in [0.4, 0.5) is 0 Å². The van der Waals surface area contributed by atoms with Crippen molar-refractivity contribution in [2.75, 3.05) is 0 Å². The van der Waals surface area contributed by atoms with Gasteiger partial charge in [-0.25, -0.2) is 0 Å². The van der Waals surface area contributed by atoms with Gasteiger partial charge in [-0.15, -0.1) is 0 Å². The van der Waals surface area contributed by atoms with Crippen LogP contribution in [0.2, 0.25) is 0 Å². The Morgan fingerprint density at radius 1 is 0.882 bits per heavy atom. The van der Waals surface area contributed by atoms with E-state index in [0.29, 0.717) is 30.6 Å². The Labute approximate surface area is 207 Å². The van der Waals surface area contributed by atoms with Crippen LogP contribution in [-0.2, 0) is 9.53 Å². The molecule has 4 heteroatoms. The molecule has 1 aliphatic heterocycles. The maximum atomic E-state index is 12.8. The zero-order chi connectivity index (χ0) is 25.3.